The number of urea groups is 1. The molecule has 0 spiro atoms. The molecule has 20 heavy (non-hydrogen) atoms. The monoisotopic (exact) mass is 332 g/mol. The van der Waals surface area contributed by atoms with E-state index in [4.69, 9.17) is 0 Å². The summed E-state index contributed by atoms with van der Waals surface area (Å²) in [6, 6.07) is 11.3. The number of aryl methyl sites for hydroxylation is 3. The number of nitrogens with one attached hydrogen (secondary N) is 2. The molecule has 0 saturated heterocycles. The maximum atomic E-state index is 11.9. The van der Waals surface area contributed by atoms with E-state index in [1.165, 1.54) is 5.56 Å². The van der Waals surface area contributed by atoms with Crippen molar-refractivity contribution in [2.24, 2.45) is 0 Å². The molecule has 0 aliphatic heterocycles. The van der Waals surface area contributed by atoms with Crippen LogP contribution in [0.4, 0.5) is 16.2 Å². The van der Waals surface area contributed by atoms with Gasteiger partial charge in [-0.1, -0.05) is 22.0 Å². The van der Waals surface area contributed by atoms with Crippen LogP contribution in [0.2, 0.25) is 0 Å². The number of anilines is 2. The van der Waals surface area contributed by atoms with Crippen LogP contribution < -0.4 is 10.6 Å². The molecule has 0 aromatic heterocycles. The van der Waals surface area contributed by atoms with Crippen LogP contribution in [0.5, 0.6) is 0 Å². The van der Waals surface area contributed by atoms with Crippen LogP contribution in [-0.2, 0) is 0 Å². The lowest BCUT2D eigenvalue weighted by atomic mass is 10.1. The largest absolute Gasteiger partial charge is 0.323 e. The maximum absolute atomic E-state index is 11.9. The first-order valence-electron chi connectivity index (χ1n) is 6.37. The summed E-state index contributed by atoms with van der Waals surface area (Å²) in [4.78, 5) is 11.9. The van der Waals surface area contributed by atoms with Gasteiger partial charge in [-0.05, 0) is 67.8 Å². The minimum atomic E-state index is -0.241. The van der Waals surface area contributed by atoms with Gasteiger partial charge in [-0.25, -0.2) is 4.79 Å². The molecule has 0 radical (unpaired) electrons. The van der Waals surface area contributed by atoms with E-state index in [0.29, 0.717) is 0 Å². The van der Waals surface area contributed by atoms with E-state index in [-0.39, 0.29) is 6.03 Å². The third-order valence-electron chi connectivity index (χ3n) is 3.18. The van der Waals surface area contributed by atoms with Crippen molar-refractivity contribution in [3.63, 3.8) is 0 Å². The molecule has 0 unspecified atom stereocenters. The highest BCUT2D eigenvalue weighted by atomic mass is 79.9. The summed E-state index contributed by atoms with van der Waals surface area (Å²) in [5, 5.41) is 5.65. The van der Waals surface area contributed by atoms with E-state index >= 15 is 0 Å². The highest BCUT2D eigenvalue weighted by Gasteiger charge is 2.04. The van der Waals surface area contributed by atoms with Crippen LogP contribution in [0.1, 0.15) is 16.7 Å². The number of carbonyl (C=O) groups excluding carboxylic acids is 1. The Bertz CT molecular complexity index is 597. The molecule has 0 heterocycles. The Labute approximate surface area is 127 Å². The van der Waals surface area contributed by atoms with E-state index in [1.54, 1.807) is 0 Å². The Morgan fingerprint density at radius 1 is 0.850 bits per heavy atom. The molecule has 0 aliphatic rings. The van der Waals surface area contributed by atoms with Crippen molar-refractivity contribution in [2.45, 2.75) is 20.8 Å². The lowest BCUT2D eigenvalue weighted by Gasteiger charge is -2.10. The minimum absolute atomic E-state index is 0.241. The number of halogens is 1. The van der Waals surface area contributed by atoms with Crippen LogP contribution in [0.25, 0.3) is 0 Å². The Balaban J connectivity index is 2.04. The Morgan fingerprint density at radius 2 is 1.40 bits per heavy atom. The van der Waals surface area contributed by atoms with E-state index < -0.39 is 0 Å². The Kier molecular flexibility index (Phi) is 4.45. The van der Waals surface area contributed by atoms with E-state index in [2.05, 4.69) is 26.6 Å². The molecule has 2 aromatic rings. The smallest absolute Gasteiger partial charge is 0.308 e. The third kappa shape index (κ3) is 3.61. The fourth-order valence-corrected chi connectivity index (χ4v) is 2.08. The van der Waals surface area contributed by atoms with Crippen LogP contribution in [0.15, 0.2) is 40.9 Å². The van der Waals surface area contributed by atoms with Crippen LogP contribution in [0, 0.1) is 20.8 Å². The number of hydrogen-bond donors (Lipinski definition) is 2. The van der Waals surface area contributed by atoms with Gasteiger partial charge in [-0.3, -0.25) is 0 Å². The van der Waals surface area contributed by atoms with Crippen molar-refractivity contribution in [3.05, 3.63) is 57.6 Å². The van der Waals surface area contributed by atoms with Crippen LogP contribution in [-0.4, -0.2) is 6.03 Å². The van der Waals surface area contributed by atoms with Crippen molar-refractivity contribution in [3.8, 4) is 0 Å². The quantitative estimate of drug-likeness (QED) is 0.796. The molecule has 4 heteroatoms. The van der Waals surface area contributed by atoms with Gasteiger partial charge in [0.15, 0.2) is 0 Å². The zero-order valence-electron chi connectivity index (χ0n) is 11.8. The SMILES string of the molecule is Cc1ccc(NC(=O)Nc2ccc(Br)c(C)c2)cc1C. The van der Waals surface area contributed by atoms with Gasteiger partial charge in [0.05, 0.1) is 0 Å². The molecule has 2 amide bonds. The van der Waals surface area contributed by atoms with Gasteiger partial charge in [0.2, 0.25) is 0 Å². The Hall–Kier alpha value is -1.81. The molecule has 2 aromatic carbocycles. The number of amides is 2. The first-order chi connectivity index (χ1) is 9.45. The first kappa shape index (κ1) is 14.6. The topological polar surface area (TPSA) is 41.1 Å². The van der Waals surface area contributed by atoms with Gasteiger partial charge >= 0.3 is 6.03 Å². The molecule has 104 valence electrons. The standard InChI is InChI=1S/C16H17BrN2O/c1-10-4-5-13(8-11(10)2)18-16(20)19-14-6-7-15(17)12(3)9-14/h4-9H,1-3H3,(H2,18,19,20). The summed E-state index contributed by atoms with van der Waals surface area (Å²) >= 11 is 3.44. The molecule has 0 atom stereocenters. The average molecular weight is 333 g/mol. The molecule has 0 fully saturated rings. The molecule has 3 nitrogen and oxygen atoms in total. The fraction of sp³-hybridized carbons (Fsp3) is 0.188. The van der Waals surface area contributed by atoms with Crippen molar-refractivity contribution in [1.82, 2.24) is 0 Å². The van der Waals surface area contributed by atoms with E-state index in [1.807, 2.05) is 57.2 Å². The molecule has 0 bridgehead atoms. The lowest BCUT2D eigenvalue weighted by Crippen LogP contribution is -2.19. The number of hydrogen-bond acceptors (Lipinski definition) is 1. The molecular weight excluding hydrogens is 316 g/mol. The average Bonchev–Trinajstić information content (AvgIpc) is 2.38. The minimum Gasteiger partial charge on any atom is -0.308 e. The number of rotatable bonds is 2. The second-order valence-corrected chi connectivity index (χ2v) is 5.70. The van der Waals surface area contributed by atoms with Gasteiger partial charge < -0.3 is 10.6 Å². The van der Waals surface area contributed by atoms with Crippen molar-refractivity contribution in [2.75, 3.05) is 10.6 Å². The third-order valence-corrected chi connectivity index (χ3v) is 4.07. The summed E-state index contributed by atoms with van der Waals surface area (Å²) in [6.07, 6.45) is 0. The molecular formula is C16H17BrN2O. The van der Waals surface area contributed by atoms with Crippen LogP contribution >= 0.6 is 15.9 Å². The predicted octanol–water partition coefficient (Wildman–Crippen LogP) is 5.02. The van der Waals surface area contributed by atoms with Gasteiger partial charge in [-0.15, -0.1) is 0 Å². The normalized spacial score (nSPS) is 10.2. The Morgan fingerprint density at radius 3 is 1.95 bits per heavy atom. The second-order valence-electron chi connectivity index (χ2n) is 4.84. The second kappa shape index (κ2) is 6.09. The number of benzene rings is 2. The van der Waals surface area contributed by atoms with Crippen molar-refractivity contribution in [1.29, 1.82) is 0 Å². The van der Waals surface area contributed by atoms with Gasteiger partial charge in [0, 0.05) is 15.8 Å². The zero-order chi connectivity index (χ0) is 14.7. The molecule has 0 aliphatic carbocycles. The zero-order valence-corrected chi connectivity index (χ0v) is 13.3. The first-order valence-corrected chi connectivity index (χ1v) is 7.16. The predicted molar refractivity (Wildman–Crippen MR) is 87.4 cm³/mol. The summed E-state index contributed by atoms with van der Waals surface area (Å²) < 4.78 is 1.03. The maximum Gasteiger partial charge on any atom is 0.323 e. The lowest BCUT2D eigenvalue weighted by molar-refractivity contribution is 0.262. The highest BCUT2D eigenvalue weighted by molar-refractivity contribution is 9.10. The van der Waals surface area contributed by atoms with Gasteiger partial charge in [-0.2, -0.15) is 0 Å². The number of carbonyl (C=O) groups is 1. The molecule has 0 saturated carbocycles. The summed E-state index contributed by atoms with van der Waals surface area (Å²) in [5.41, 5.74) is 5.00. The molecule has 2 rings (SSSR count). The van der Waals surface area contributed by atoms with Gasteiger partial charge in [0.25, 0.3) is 0 Å². The van der Waals surface area contributed by atoms with Gasteiger partial charge in [0.1, 0.15) is 0 Å². The summed E-state index contributed by atoms with van der Waals surface area (Å²) in [7, 11) is 0. The summed E-state index contributed by atoms with van der Waals surface area (Å²) in [5.74, 6) is 0. The van der Waals surface area contributed by atoms with Crippen LogP contribution in [0.3, 0.4) is 0 Å². The highest BCUT2D eigenvalue weighted by Crippen LogP contribution is 2.20. The van der Waals surface area contributed by atoms with E-state index in [0.717, 1.165) is 27.0 Å². The van der Waals surface area contributed by atoms with Crippen molar-refractivity contribution < 1.29 is 4.79 Å². The van der Waals surface area contributed by atoms with E-state index in [9.17, 15) is 4.79 Å². The fourth-order valence-electron chi connectivity index (χ4n) is 1.84. The summed E-state index contributed by atoms with van der Waals surface area (Å²) in [6.45, 7) is 6.05. The molecule has 2 N–H and O–H groups in total. The van der Waals surface area contributed by atoms with Crippen molar-refractivity contribution >= 4 is 33.3 Å².